The van der Waals surface area contributed by atoms with Crippen LogP contribution in [0.3, 0.4) is 0 Å². The fourth-order valence-corrected chi connectivity index (χ4v) is 1.15. The highest BCUT2D eigenvalue weighted by Gasteiger charge is 2.12. The fourth-order valence-electron chi connectivity index (χ4n) is 1.15. The average Bonchev–Trinajstić information content (AvgIpc) is 2.61. The van der Waals surface area contributed by atoms with Crippen molar-refractivity contribution in [2.24, 2.45) is 5.11 Å². The summed E-state index contributed by atoms with van der Waals surface area (Å²) >= 11 is 0. The Hall–Kier alpha value is -1.87. The van der Waals surface area contributed by atoms with Gasteiger partial charge < -0.3 is 9.47 Å². The Morgan fingerprint density at radius 1 is 1.38 bits per heavy atom. The molecule has 0 spiro atoms. The Balaban J connectivity index is 2.25. The van der Waals surface area contributed by atoms with Crippen molar-refractivity contribution in [3.8, 4) is 11.5 Å². The van der Waals surface area contributed by atoms with Crippen LogP contribution >= 0.6 is 0 Å². The summed E-state index contributed by atoms with van der Waals surface area (Å²) in [6.07, 6.45) is 0. The third-order valence-electron chi connectivity index (χ3n) is 1.75. The highest BCUT2D eigenvalue weighted by atomic mass is 16.7. The number of ether oxygens (including phenoxy) is 2. The van der Waals surface area contributed by atoms with Crippen LogP contribution in [0.5, 0.6) is 11.5 Å². The fraction of sp³-hybridized carbons (Fsp3) is 0.250. The first kappa shape index (κ1) is 7.76. The molecule has 0 fully saturated rings. The molecule has 5 nitrogen and oxygen atoms in total. The molecule has 1 aromatic carbocycles. The van der Waals surface area contributed by atoms with E-state index in [0.29, 0.717) is 12.3 Å². The molecule has 5 heteroatoms. The summed E-state index contributed by atoms with van der Waals surface area (Å²) in [5.41, 5.74) is 9.04. The minimum Gasteiger partial charge on any atom is -0.454 e. The van der Waals surface area contributed by atoms with Crippen molar-refractivity contribution in [2.45, 2.75) is 6.54 Å². The van der Waals surface area contributed by atoms with Gasteiger partial charge in [-0.25, -0.2) is 0 Å². The van der Waals surface area contributed by atoms with Crippen LogP contribution in [0.4, 0.5) is 0 Å². The van der Waals surface area contributed by atoms with Crippen LogP contribution in [0, 0.1) is 0 Å². The van der Waals surface area contributed by atoms with Crippen molar-refractivity contribution >= 4 is 0 Å². The second kappa shape index (κ2) is 3.25. The number of nitrogens with zero attached hydrogens (tertiary/aromatic N) is 3. The zero-order chi connectivity index (χ0) is 9.10. The predicted molar refractivity (Wildman–Crippen MR) is 45.4 cm³/mol. The van der Waals surface area contributed by atoms with E-state index in [4.69, 9.17) is 15.0 Å². The molecule has 1 aromatic rings. The first-order valence-electron chi connectivity index (χ1n) is 3.79. The van der Waals surface area contributed by atoms with Crippen molar-refractivity contribution in [2.75, 3.05) is 6.79 Å². The lowest BCUT2D eigenvalue weighted by atomic mass is 10.2. The Kier molecular flexibility index (Phi) is 1.94. The van der Waals surface area contributed by atoms with Crippen molar-refractivity contribution in [3.05, 3.63) is 34.2 Å². The number of azide groups is 1. The van der Waals surface area contributed by atoms with Crippen LogP contribution in [0.2, 0.25) is 0 Å². The minimum absolute atomic E-state index is 0.264. The van der Waals surface area contributed by atoms with E-state index < -0.39 is 0 Å². The SMILES string of the molecule is [N-]=[N+]=NCc1ccc2c(c1)OCO2. The van der Waals surface area contributed by atoms with Crippen LogP contribution < -0.4 is 9.47 Å². The standard InChI is InChI=1S/C8H7N3O2/c9-11-10-4-6-1-2-7-8(3-6)13-5-12-7/h1-3H,4-5H2. The molecule has 1 heterocycles. The first-order chi connectivity index (χ1) is 6.40. The lowest BCUT2D eigenvalue weighted by Gasteiger charge is -1.97. The van der Waals surface area contributed by atoms with E-state index in [0.717, 1.165) is 11.3 Å². The third-order valence-corrected chi connectivity index (χ3v) is 1.75. The minimum atomic E-state index is 0.264. The average molecular weight is 177 g/mol. The highest BCUT2D eigenvalue weighted by molar-refractivity contribution is 5.44. The molecule has 1 aliphatic heterocycles. The molecule has 0 saturated heterocycles. The van der Waals surface area contributed by atoms with Gasteiger partial charge in [-0.15, -0.1) is 0 Å². The molecule has 0 aliphatic carbocycles. The number of fused-ring (bicyclic) bond motifs is 1. The summed E-state index contributed by atoms with van der Waals surface area (Å²) < 4.78 is 10.3. The molecule has 0 amide bonds. The highest BCUT2D eigenvalue weighted by Crippen LogP contribution is 2.32. The van der Waals surface area contributed by atoms with E-state index in [-0.39, 0.29) is 6.79 Å². The topological polar surface area (TPSA) is 67.2 Å². The summed E-state index contributed by atoms with van der Waals surface area (Å²) in [4.78, 5) is 2.68. The molecule has 66 valence electrons. The summed E-state index contributed by atoms with van der Waals surface area (Å²) in [7, 11) is 0. The molecule has 0 unspecified atom stereocenters. The Labute approximate surface area is 74.5 Å². The van der Waals surface area contributed by atoms with E-state index >= 15 is 0 Å². The van der Waals surface area contributed by atoms with Gasteiger partial charge in [-0.3, -0.25) is 0 Å². The zero-order valence-corrected chi connectivity index (χ0v) is 6.80. The normalized spacial score (nSPS) is 12.3. The van der Waals surface area contributed by atoms with Gasteiger partial charge in [0.1, 0.15) is 0 Å². The molecule has 0 bridgehead atoms. The molecule has 0 radical (unpaired) electrons. The summed E-state index contributed by atoms with van der Waals surface area (Å²) in [5, 5.41) is 3.45. The van der Waals surface area contributed by atoms with Crippen molar-refractivity contribution in [1.82, 2.24) is 0 Å². The number of benzene rings is 1. The van der Waals surface area contributed by atoms with Gasteiger partial charge in [-0.05, 0) is 23.2 Å². The lowest BCUT2D eigenvalue weighted by molar-refractivity contribution is 0.174. The third kappa shape index (κ3) is 1.50. The monoisotopic (exact) mass is 177 g/mol. The van der Waals surface area contributed by atoms with E-state index in [1.165, 1.54) is 0 Å². The van der Waals surface area contributed by atoms with Gasteiger partial charge in [-0.1, -0.05) is 11.2 Å². The van der Waals surface area contributed by atoms with Gasteiger partial charge in [0.15, 0.2) is 11.5 Å². The van der Waals surface area contributed by atoms with Gasteiger partial charge in [0, 0.05) is 4.91 Å². The van der Waals surface area contributed by atoms with E-state index in [2.05, 4.69) is 10.0 Å². The molecule has 0 aromatic heterocycles. The quantitative estimate of drug-likeness (QED) is 0.395. The number of hydrogen-bond acceptors (Lipinski definition) is 3. The molecular formula is C8H7N3O2. The van der Waals surface area contributed by atoms with E-state index in [1.807, 2.05) is 18.2 Å². The zero-order valence-electron chi connectivity index (χ0n) is 6.80. The second-order valence-electron chi connectivity index (χ2n) is 2.58. The van der Waals surface area contributed by atoms with Crippen LogP contribution in [0.1, 0.15) is 5.56 Å². The van der Waals surface area contributed by atoms with E-state index in [9.17, 15) is 0 Å². The van der Waals surface area contributed by atoms with Crippen LogP contribution in [-0.4, -0.2) is 6.79 Å². The van der Waals surface area contributed by atoms with Gasteiger partial charge in [0.2, 0.25) is 6.79 Å². The maximum absolute atomic E-state index is 8.12. The van der Waals surface area contributed by atoms with Gasteiger partial charge in [-0.2, -0.15) is 0 Å². The Bertz CT molecular complexity index is 372. The summed E-state index contributed by atoms with van der Waals surface area (Å²) in [5.74, 6) is 1.45. The molecule has 13 heavy (non-hydrogen) atoms. The largest absolute Gasteiger partial charge is 0.454 e. The van der Waals surface area contributed by atoms with Gasteiger partial charge in [0.25, 0.3) is 0 Å². The van der Waals surface area contributed by atoms with Gasteiger partial charge >= 0.3 is 0 Å². The Morgan fingerprint density at radius 2 is 2.23 bits per heavy atom. The second-order valence-corrected chi connectivity index (χ2v) is 2.58. The van der Waals surface area contributed by atoms with E-state index in [1.54, 1.807) is 0 Å². The maximum atomic E-state index is 8.12. The van der Waals surface area contributed by atoms with Crippen molar-refractivity contribution in [1.29, 1.82) is 0 Å². The number of rotatable bonds is 2. The molecular weight excluding hydrogens is 170 g/mol. The molecule has 2 rings (SSSR count). The van der Waals surface area contributed by atoms with Crippen LogP contribution in [-0.2, 0) is 6.54 Å². The first-order valence-corrected chi connectivity index (χ1v) is 3.79. The summed E-state index contributed by atoms with van der Waals surface area (Å²) in [6.45, 7) is 0.605. The molecule has 0 N–H and O–H groups in total. The van der Waals surface area contributed by atoms with Crippen molar-refractivity contribution in [3.63, 3.8) is 0 Å². The lowest BCUT2D eigenvalue weighted by Crippen LogP contribution is -1.92. The maximum Gasteiger partial charge on any atom is 0.231 e. The molecule has 0 saturated carbocycles. The van der Waals surface area contributed by atoms with Crippen LogP contribution in [0.15, 0.2) is 23.3 Å². The smallest absolute Gasteiger partial charge is 0.231 e. The molecule has 1 aliphatic rings. The summed E-state index contributed by atoms with van der Waals surface area (Å²) in [6, 6.07) is 5.48. The van der Waals surface area contributed by atoms with Crippen molar-refractivity contribution < 1.29 is 9.47 Å². The predicted octanol–water partition coefficient (Wildman–Crippen LogP) is 2.23. The molecule has 0 atom stereocenters. The van der Waals surface area contributed by atoms with Gasteiger partial charge in [0.05, 0.1) is 6.54 Å². The number of hydrogen-bond donors (Lipinski definition) is 0. The Morgan fingerprint density at radius 3 is 3.08 bits per heavy atom. The van der Waals surface area contributed by atoms with Crippen LogP contribution in [0.25, 0.3) is 10.4 Å².